The SMILES string of the molecule is Cc1ccc(-n2nnc(-c3nn[nH]n3)n2)cc1. The van der Waals surface area contributed by atoms with Crippen molar-refractivity contribution in [1.82, 2.24) is 40.8 Å². The molecule has 0 fully saturated rings. The molecule has 1 aromatic carbocycles. The number of H-pyrrole nitrogens is 1. The summed E-state index contributed by atoms with van der Waals surface area (Å²) in [5.41, 5.74) is 2.00. The zero-order chi connectivity index (χ0) is 11.7. The van der Waals surface area contributed by atoms with Crippen molar-refractivity contribution in [3.05, 3.63) is 29.8 Å². The van der Waals surface area contributed by atoms with Crippen molar-refractivity contribution >= 4 is 0 Å². The number of nitrogens with zero attached hydrogens (tertiary/aromatic N) is 7. The molecule has 0 spiro atoms. The molecule has 2 aromatic heterocycles. The molecule has 0 saturated heterocycles. The zero-order valence-corrected chi connectivity index (χ0v) is 8.94. The number of aryl methyl sites for hydroxylation is 1. The number of aromatic amines is 1. The minimum atomic E-state index is 0.323. The van der Waals surface area contributed by atoms with Crippen LogP contribution in [0, 0.1) is 6.92 Å². The maximum atomic E-state index is 4.16. The van der Waals surface area contributed by atoms with Crippen LogP contribution in [0.25, 0.3) is 17.3 Å². The highest BCUT2D eigenvalue weighted by atomic mass is 15.6. The van der Waals surface area contributed by atoms with Crippen molar-refractivity contribution in [2.75, 3.05) is 0 Å². The molecule has 0 amide bonds. The third-order valence-electron chi connectivity index (χ3n) is 2.22. The fraction of sp³-hybridized carbons (Fsp3) is 0.111. The van der Waals surface area contributed by atoms with Gasteiger partial charge in [0.05, 0.1) is 5.69 Å². The van der Waals surface area contributed by atoms with Crippen LogP contribution in [-0.4, -0.2) is 40.8 Å². The predicted molar refractivity (Wildman–Crippen MR) is 57.1 cm³/mol. The normalized spacial score (nSPS) is 10.6. The van der Waals surface area contributed by atoms with Gasteiger partial charge in [-0.1, -0.05) is 17.7 Å². The highest BCUT2D eigenvalue weighted by molar-refractivity contribution is 5.39. The summed E-state index contributed by atoms with van der Waals surface area (Å²) < 4.78 is 0. The number of hydrogen-bond donors (Lipinski definition) is 1. The third kappa shape index (κ3) is 1.75. The Morgan fingerprint density at radius 2 is 1.88 bits per heavy atom. The fourth-order valence-electron chi connectivity index (χ4n) is 1.35. The van der Waals surface area contributed by atoms with Crippen molar-refractivity contribution in [3.63, 3.8) is 0 Å². The first-order valence-corrected chi connectivity index (χ1v) is 4.94. The van der Waals surface area contributed by atoms with Crippen LogP contribution in [0.3, 0.4) is 0 Å². The molecular weight excluding hydrogens is 220 g/mol. The zero-order valence-electron chi connectivity index (χ0n) is 8.94. The van der Waals surface area contributed by atoms with Gasteiger partial charge in [0.15, 0.2) is 0 Å². The van der Waals surface area contributed by atoms with E-state index in [4.69, 9.17) is 0 Å². The van der Waals surface area contributed by atoms with Gasteiger partial charge in [-0.05, 0) is 29.5 Å². The highest BCUT2D eigenvalue weighted by Gasteiger charge is 2.10. The van der Waals surface area contributed by atoms with E-state index in [-0.39, 0.29) is 0 Å². The minimum Gasteiger partial charge on any atom is -0.177 e. The van der Waals surface area contributed by atoms with Crippen molar-refractivity contribution in [1.29, 1.82) is 0 Å². The van der Waals surface area contributed by atoms with Gasteiger partial charge in [-0.3, -0.25) is 0 Å². The summed E-state index contributed by atoms with van der Waals surface area (Å²) in [5.74, 6) is 0.655. The molecule has 8 nitrogen and oxygen atoms in total. The van der Waals surface area contributed by atoms with E-state index in [9.17, 15) is 0 Å². The van der Waals surface area contributed by atoms with E-state index in [0.717, 1.165) is 5.69 Å². The molecular formula is C9H8N8. The lowest BCUT2D eigenvalue weighted by Crippen LogP contribution is -1.98. The molecule has 0 bridgehead atoms. The van der Waals surface area contributed by atoms with Crippen LogP contribution in [0.1, 0.15) is 5.56 Å². The molecule has 0 unspecified atom stereocenters. The molecule has 17 heavy (non-hydrogen) atoms. The van der Waals surface area contributed by atoms with Crippen LogP contribution in [0.2, 0.25) is 0 Å². The summed E-state index contributed by atoms with van der Waals surface area (Å²) in [6.45, 7) is 2.02. The van der Waals surface area contributed by atoms with Crippen molar-refractivity contribution in [2.24, 2.45) is 0 Å². The van der Waals surface area contributed by atoms with E-state index in [1.165, 1.54) is 10.4 Å². The van der Waals surface area contributed by atoms with Crippen molar-refractivity contribution in [2.45, 2.75) is 6.92 Å². The Bertz CT molecular complexity index is 609. The van der Waals surface area contributed by atoms with Crippen LogP contribution in [0.5, 0.6) is 0 Å². The predicted octanol–water partition coefficient (Wildman–Crippen LogP) is 0.151. The van der Waals surface area contributed by atoms with E-state index in [1.54, 1.807) is 0 Å². The lowest BCUT2D eigenvalue weighted by atomic mass is 10.2. The monoisotopic (exact) mass is 228 g/mol. The molecule has 0 saturated carbocycles. The third-order valence-corrected chi connectivity index (χ3v) is 2.22. The standard InChI is InChI=1S/C9H8N8/c1-6-2-4-7(5-3-6)17-13-9(12-16-17)8-10-14-15-11-8/h2-5H,1H3,(H,10,11,14,15). The number of benzene rings is 1. The van der Waals surface area contributed by atoms with Crippen molar-refractivity contribution < 1.29 is 0 Å². The number of hydrogen-bond acceptors (Lipinski definition) is 6. The quantitative estimate of drug-likeness (QED) is 0.670. The lowest BCUT2D eigenvalue weighted by Gasteiger charge is -1.97. The van der Waals surface area contributed by atoms with E-state index < -0.39 is 0 Å². The number of rotatable bonds is 2. The molecule has 3 aromatic rings. The molecule has 3 rings (SSSR count). The largest absolute Gasteiger partial charge is 0.246 e. The van der Waals surface area contributed by atoms with Crippen LogP contribution in [0.4, 0.5) is 0 Å². The molecule has 0 radical (unpaired) electrons. The van der Waals surface area contributed by atoms with Gasteiger partial charge in [-0.15, -0.1) is 25.2 Å². The van der Waals surface area contributed by atoms with Gasteiger partial charge in [-0.25, -0.2) is 0 Å². The average Bonchev–Trinajstić information content (AvgIpc) is 3.00. The molecule has 1 N–H and O–H groups in total. The van der Waals surface area contributed by atoms with Crippen LogP contribution < -0.4 is 0 Å². The molecule has 0 aliphatic heterocycles. The molecule has 0 aliphatic rings. The summed E-state index contributed by atoms with van der Waals surface area (Å²) in [7, 11) is 0. The van der Waals surface area contributed by atoms with Gasteiger partial charge in [0, 0.05) is 0 Å². The van der Waals surface area contributed by atoms with Crippen LogP contribution >= 0.6 is 0 Å². The molecule has 8 heteroatoms. The summed E-state index contributed by atoms with van der Waals surface area (Å²) >= 11 is 0. The Hall–Kier alpha value is -2.64. The van der Waals surface area contributed by atoms with Crippen LogP contribution in [0.15, 0.2) is 24.3 Å². The first-order valence-electron chi connectivity index (χ1n) is 4.94. The topological polar surface area (TPSA) is 98.1 Å². The van der Waals surface area contributed by atoms with Crippen molar-refractivity contribution in [3.8, 4) is 17.3 Å². The Kier molecular flexibility index (Phi) is 2.11. The summed E-state index contributed by atoms with van der Waals surface area (Å²) in [6, 6.07) is 7.79. The van der Waals surface area contributed by atoms with E-state index >= 15 is 0 Å². The van der Waals surface area contributed by atoms with Crippen LogP contribution in [-0.2, 0) is 0 Å². The number of tetrazole rings is 2. The molecule has 0 aliphatic carbocycles. The number of nitrogens with one attached hydrogen (secondary N) is 1. The number of aromatic nitrogens is 8. The Labute approximate surface area is 95.7 Å². The smallest absolute Gasteiger partial charge is 0.177 e. The summed E-state index contributed by atoms with van der Waals surface area (Å²) in [4.78, 5) is 1.42. The van der Waals surface area contributed by atoms with Gasteiger partial charge in [-0.2, -0.15) is 5.21 Å². The van der Waals surface area contributed by atoms with Gasteiger partial charge in [0.2, 0.25) is 11.6 Å². The van der Waals surface area contributed by atoms with Gasteiger partial charge < -0.3 is 0 Å². The Morgan fingerprint density at radius 1 is 1.06 bits per heavy atom. The first-order chi connectivity index (χ1) is 8.33. The Morgan fingerprint density at radius 3 is 2.59 bits per heavy atom. The molecule has 84 valence electrons. The molecule has 0 atom stereocenters. The first kappa shape index (κ1) is 9.58. The maximum Gasteiger partial charge on any atom is 0.246 e. The second kappa shape index (κ2) is 3.74. The second-order valence-electron chi connectivity index (χ2n) is 3.47. The average molecular weight is 228 g/mol. The minimum absolute atomic E-state index is 0.323. The van der Waals surface area contributed by atoms with E-state index in [1.807, 2.05) is 31.2 Å². The lowest BCUT2D eigenvalue weighted by molar-refractivity contribution is 0.720. The van der Waals surface area contributed by atoms with E-state index in [2.05, 4.69) is 36.0 Å². The molecule has 2 heterocycles. The maximum absolute atomic E-state index is 4.16. The summed E-state index contributed by atoms with van der Waals surface area (Å²) in [6.07, 6.45) is 0. The Balaban J connectivity index is 1.98. The van der Waals surface area contributed by atoms with Gasteiger partial charge in [0.25, 0.3) is 0 Å². The summed E-state index contributed by atoms with van der Waals surface area (Å²) in [5, 5.41) is 25.3. The fourth-order valence-corrected chi connectivity index (χ4v) is 1.35. The second-order valence-corrected chi connectivity index (χ2v) is 3.47. The highest BCUT2D eigenvalue weighted by Crippen LogP contribution is 2.09. The van der Waals surface area contributed by atoms with E-state index in [0.29, 0.717) is 11.6 Å². The van der Waals surface area contributed by atoms with Gasteiger partial charge >= 0.3 is 0 Å². The van der Waals surface area contributed by atoms with Gasteiger partial charge in [0.1, 0.15) is 0 Å².